The fourth-order valence-electron chi connectivity index (χ4n) is 2.89. The van der Waals surface area contributed by atoms with Crippen LogP contribution in [0.3, 0.4) is 0 Å². The number of hydrogen-bond acceptors (Lipinski definition) is 5. The smallest absolute Gasteiger partial charge is 0.264 e. The minimum atomic E-state index is -0.263. The van der Waals surface area contributed by atoms with Crippen LogP contribution in [0.25, 0.3) is 21.3 Å². The van der Waals surface area contributed by atoms with Crippen LogP contribution in [-0.2, 0) is 4.79 Å². The Morgan fingerprint density at radius 3 is 2.54 bits per heavy atom. The second-order valence-electron chi connectivity index (χ2n) is 6.03. The molecule has 0 atom stereocenters. The second-order valence-corrected chi connectivity index (χ2v) is 7.06. The molecular formula is C22H18N2O3S. The maximum atomic E-state index is 12.4. The van der Waals surface area contributed by atoms with Gasteiger partial charge in [-0.1, -0.05) is 65.9 Å². The van der Waals surface area contributed by atoms with Crippen LogP contribution in [0.2, 0.25) is 0 Å². The molecule has 0 aliphatic carbocycles. The van der Waals surface area contributed by atoms with Gasteiger partial charge in [0, 0.05) is 5.56 Å². The van der Waals surface area contributed by atoms with Gasteiger partial charge < -0.3 is 9.47 Å². The van der Waals surface area contributed by atoms with E-state index in [1.165, 1.54) is 11.3 Å². The van der Waals surface area contributed by atoms with Crippen molar-refractivity contribution in [3.63, 3.8) is 0 Å². The number of hydrogen-bond donors (Lipinski definition) is 1. The van der Waals surface area contributed by atoms with Crippen LogP contribution in [0.4, 0.5) is 5.13 Å². The number of carbonyl (C=O) groups is 1. The normalized spacial score (nSPS) is 10.6. The number of methoxy groups -OCH3 is 1. The number of carbonyl (C=O) groups excluding carboxylic acids is 1. The first-order chi connectivity index (χ1) is 13.7. The third kappa shape index (κ3) is 3.82. The van der Waals surface area contributed by atoms with Crippen molar-refractivity contribution in [2.45, 2.75) is 0 Å². The van der Waals surface area contributed by atoms with Crippen molar-refractivity contribution in [3.05, 3.63) is 72.8 Å². The summed E-state index contributed by atoms with van der Waals surface area (Å²) in [7, 11) is 1.60. The lowest BCUT2D eigenvalue weighted by Gasteiger charge is -2.11. The van der Waals surface area contributed by atoms with Crippen LogP contribution in [0.5, 0.6) is 11.5 Å². The molecule has 0 fully saturated rings. The number of benzene rings is 3. The highest BCUT2D eigenvalue weighted by Gasteiger charge is 2.12. The van der Waals surface area contributed by atoms with Crippen LogP contribution in [0.1, 0.15) is 0 Å². The molecule has 0 saturated carbocycles. The van der Waals surface area contributed by atoms with Gasteiger partial charge in [0.15, 0.2) is 11.7 Å². The number of para-hydroxylation sites is 2. The molecule has 6 heteroatoms. The molecule has 3 aromatic carbocycles. The van der Waals surface area contributed by atoms with E-state index in [1.807, 2.05) is 72.8 Å². The molecule has 1 heterocycles. The summed E-state index contributed by atoms with van der Waals surface area (Å²) in [4.78, 5) is 16.8. The Morgan fingerprint density at radius 1 is 0.964 bits per heavy atom. The number of rotatable bonds is 6. The third-order valence-electron chi connectivity index (χ3n) is 4.18. The lowest BCUT2D eigenvalue weighted by molar-refractivity contribution is -0.118. The Morgan fingerprint density at radius 2 is 1.71 bits per heavy atom. The van der Waals surface area contributed by atoms with E-state index in [2.05, 4.69) is 10.3 Å². The molecule has 5 nitrogen and oxygen atoms in total. The molecule has 0 aliphatic rings. The molecule has 0 saturated heterocycles. The summed E-state index contributed by atoms with van der Waals surface area (Å²) in [5, 5.41) is 3.32. The lowest BCUT2D eigenvalue weighted by atomic mass is 10.1. The van der Waals surface area contributed by atoms with Gasteiger partial charge in [-0.25, -0.2) is 4.98 Å². The van der Waals surface area contributed by atoms with Crippen LogP contribution in [-0.4, -0.2) is 24.6 Å². The van der Waals surface area contributed by atoms with E-state index in [0.29, 0.717) is 16.6 Å². The zero-order chi connectivity index (χ0) is 19.3. The van der Waals surface area contributed by atoms with E-state index in [9.17, 15) is 4.79 Å². The predicted molar refractivity (Wildman–Crippen MR) is 112 cm³/mol. The summed E-state index contributed by atoms with van der Waals surface area (Å²) in [6.45, 7) is -0.100. The zero-order valence-electron chi connectivity index (χ0n) is 15.2. The van der Waals surface area contributed by atoms with Crippen molar-refractivity contribution >= 4 is 32.6 Å². The number of ether oxygens (including phenoxy) is 2. The molecule has 0 radical (unpaired) electrons. The van der Waals surface area contributed by atoms with Gasteiger partial charge in [0.1, 0.15) is 17.0 Å². The number of anilines is 1. The number of nitrogens with one attached hydrogen (secondary N) is 1. The first-order valence-corrected chi connectivity index (χ1v) is 9.57. The molecule has 1 amide bonds. The third-order valence-corrected chi connectivity index (χ3v) is 5.11. The molecule has 4 aromatic rings. The van der Waals surface area contributed by atoms with Crippen LogP contribution >= 0.6 is 11.3 Å². The van der Waals surface area contributed by atoms with Gasteiger partial charge in [0.2, 0.25) is 0 Å². The minimum Gasteiger partial charge on any atom is -0.494 e. The standard InChI is InChI=1S/C22H18N2O3S/c1-26-18-12-7-13-19-21(18)24-22(28-19)23-20(25)14-27-17-11-6-5-10-16(17)15-8-3-2-4-9-15/h2-13H,14H2,1H3,(H,23,24,25). The van der Waals surface area contributed by atoms with E-state index in [1.54, 1.807) is 7.11 Å². The van der Waals surface area contributed by atoms with Gasteiger partial charge in [-0.15, -0.1) is 0 Å². The van der Waals surface area contributed by atoms with Crippen LogP contribution in [0.15, 0.2) is 72.8 Å². The molecule has 1 aromatic heterocycles. The molecule has 0 bridgehead atoms. The van der Waals surface area contributed by atoms with E-state index in [0.717, 1.165) is 21.3 Å². The molecule has 0 aliphatic heterocycles. The fourth-order valence-corrected chi connectivity index (χ4v) is 3.79. The second kappa shape index (κ2) is 8.10. The topological polar surface area (TPSA) is 60.5 Å². The molecule has 0 spiro atoms. The Kier molecular flexibility index (Phi) is 5.21. The van der Waals surface area contributed by atoms with Crippen molar-refractivity contribution in [1.82, 2.24) is 4.98 Å². The minimum absolute atomic E-state index is 0.100. The van der Waals surface area contributed by atoms with Gasteiger partial charge in [0.05, 0.1) is 11.8 Å². The summed E-state index contributed by atoms with van der Waals surface area (Å²) in [6.07, 6.45) is 0. The van der Waals surface area contributed by atoms with Gasteiger partial charge in [-0.05, 0) is 23.8 Å². The maximum Gasteiger partial charge on any atom is 0.264 e. The van der Waals surface area contributed by atoms with E-state index >= 15 is 0 Å². The average molecular weight is 390 g/mol. The number of amides is 1. The maximum absolute atomic E-state index is 12.4. The van der Waals surface area contributed by atoms with Crippen molar-refractivity contribution in [3.8, 4) is 22.6 Å². The largest absolute Gasteiger partial charge is 0.494 e. The van der Waals surface area contributed by atoms with E-state index < -0.39 is 0 Å². The molecule has 4 rings (SSSR count). The molecule has 28 heavy (non-hydrogen) atoms. The summed E-state index contributed by atoms with van der Waals surface area (Å²) < 4.78 is 12.0. The first kappa shape index (κ1) is 18.0. The van der Waals surface area contributed by atoms with Crippen molar-refractivity contribution in [2.24, 2.45) is 0 Å². The SMILES string of the molecule is COc1cccc2sc(NC(=O)COc3ccccc3-c3ccccc3)nc12. The number of thiazole rings is 1. The molecule has 0 unspecified atom stereocenters. The van der Waals surface area contributed by atoms with Gasteiger partial charge in [-0.3, -0.25) is 10.1 Å². The summed E-state index contributed by atoms with van der Waals surface area (Å²) in [5.74, 6) is 1.08. The number of fused-ring (bicyclic) bond motifs is 1. The monoisotopic (exact) mass is 390 g/mol. The summed E-state index contributed by atoms with van der Waals surface area (Å²) >= 11 is 1.40. The van der Waals surface area contributed by atoms with Gasteiger partial charge in [0.25, 0.3) is 5.91 Å². The zero-order valence-corrected chi connectivity index (χ0v) is 16.0. The molecule has 1 N–H and O–H groups in total. The quantitative estimate of drug-likeness (QED) is 0.504. The average Bonchev–Trinajstić information content (AvgIpc) is 3.15. The molecular weight excluding hydrogens is 372 g/mol. The van der Waals surface area contributed by atoms with Crippen molar-refractivity contribution < 1.29 is 14.3 Å². The Labute approximate surface area is 166 Å². The van der Waals surface area contributed by atoms with Crippen LogP contribution < -0.4 is 14.8 Å². The number of nitrogens with zero attached hydrogens (tertiary/aromatic N) is 1. The highest BCUT2D eigenvalue weighted by Crippen LogP contribution is 2.32. The number of aromatic nitrogens is 1. The Balaban J connectivity index is 1.46. The summed E-state index contributed by atoms with van der Waals surface area (Å²) in [5.41, 5.74) is 2.72. The van der Waals surface area contributed by atoms with E-state index in [4.69, 9.17) is 9.47 Å². The highest BCUT2D eigenvalue weighted by atomic mass is 32.1. The Hall–Kier alpha value is -3.38. The fraction of sp³-hybridized carbons (Fsp3) is 0.0909. The summed E-state index contributed by atoms with van der Waals surface area (Å²) in [6, 6.07) is 23.3. The van der Waals surface area contributed by atoms with Gasteiger partial charge in [-0.2, -0.15) is 0 Å². The van der Waals surface area contributed by atoms with Crippen molar-refractivity contribution in [2.75, 3.05) is 19.0 Å². The van der Waals surface area contributed by atoms with E-state index in [-0.39, 0.29) is 12.5 Å². The molecule has 140 valence electrons. The Bertz CT molecular complexity index is 1110. The lowest BCUT2D eigenvalue weighted by Crippen LogP contribution is -2.20. The predicted octanol–water partition coefficient (Wildman–Crippen LogP) is 4.99. The van der Waals surface area contributed by atoms with Crippen LogP contribution in [0, 0.1) is 0 Å². The van der Waals surface area contributed by atoms with Crippen molar-refractivity contribution in [1.29, 1.82) is 0 Å². The highest BCUT2D eigenvalue weighted by molar-refractivity contribution is 7.22. The van der Waals surface area contributed by atoms with Gasteiger partial charge >= 0.3 is 0 Å². The first-order valence-electron chi connectivity index (χ1n) is 8.75.